The second-order valence-corrected chi connectivity index (χ2v) is 8.37. The third-order valence-corrected chi connectivity index (χ3v) is 5.41. The second kappa shape index (κ2) is 8.38. The number of ketones is 1. The van der Waals surface area contributed by atoms with Crippen LogP contribution in [-0.2, 0) is 16.0 Å². The molecule has 7 heteroatoms. The van der Waals surface area contributed by atoms with E-state index in [2.05, 4.69) is 4.98 Å². The number of halogens is 2. The van der Waals surface area contributed by atoms with E-state index in [1.54, 1.807) is 39.0 Å². The molecule has 0 fully saturated rings. The van der Waals surface area contributed by atoms with E-state index in [-0.39, 0.29) is 28.7 Å². The molecule has 3 rings (SSSR count). The predicted molar refractivity (Wildman–Crippen MR) is 113 cm³/mol. The molecule has 0 amide bonds. The van der Waals surface area contributed by atoms with Gasteiger partial charge in [-0.15, -0.1) is 0 Å². The van der Waals surface area contributed by atoms with Gasteiger partial charge in [0.15, 0.2) is 5.78 Å². The zero-order chi connectivity index (χ0) is 23.0. The summed E-state index contributed by atoms with van der Waals surface area (Å²) >= 11 is 0. The van der Waals surface area contributed by atoms with Crippen molar-refractivity contribution < 1.29 is 28.2 Å². The van der Waals surface area contributed by atoms with Crippen LogP contribution in [0.1, 0.15) is 58.6 Å². The number of carbonyl (C=O) groups is 1. The van der Waals surface area contributed by atoms with Crippen molar-refractivity contribution in [2.24, 2.45) is 0 Å². The summed E-state index contributed by atoms with van der Waals surface area (Å²) in [7, 11) is 0. The summed E-state index contributed by atoms with van der Waals surface area (Å²) in [5.41, 5.74) is -0.667. The van der Waals surface area contributed by atoms with Crippen LogP contribution in [0.15, 0.2) is 36.1 Å². The van der Waals surface area contributed by atoms with E-state index in [0.29, 0.717) is 24.5 Å². The van der Waals surface area contributed by atoms with Crippen molar-refractivity contribution >= 4 is 11.4 Å². The van der Waals surface area contributed by atoms with Crippen LogP contribution in [0.2, 0.25) is 0 Å². The number of carbonyl (C=O) groups excluding carboxylic acids is 1. The van der Waals surface area contributed by atoms with Gasteiger partial charge >= 0.3 is 0 Å². The quantitative estimate of drug-likeness (QED) is 0.575. The summed E-state index contributed by atoms with van der Waals surface area (Å²) in [4.78, 5) is 17.0. The highest BCUT2D eigenvalue weighted by atomic mass is 19.1. The maximum absolute atomic E-state index is 13.5. The normalized spacial score (nSPS) is 20.8. The number of benzene rings is 1. The zero-order valence-corrected chi connectivity index (χ0v) is 18.4. The summed E-state index contributed by atoms with van der Waals surface area (Å²) in [5, 5.41) is 11.0. The molecule has 5 nitrogen and oxygen atoms in total. The molecule has 1 atom stereocenters. The molecule has 2 heterocycles. The third kappa shape index (κ3) is 4.46. The van der Waals surface area contributed by atoms with E-state index in [4.69, 9.17) is 9.47 Å². The number of ether oxygens (including phenoxy) is 2. The van der Waals surface area contributed by atoms with Crippen molar-refractivity contribution in [3.05, 3.63) is 59.0 Å². The van der Waals surface area contributed by atoms with Crippen LogP contribution in [0.4, 0.5) is 8.78 Å². The minimum atomic E-state index is -1.09. The Morgan fingerprint density at radius 1 is 1.13 bits per heavy atom. The highest BCUT2D eigenvalue weighted by molar-refractivity contribution is 6.26. The van der Waals surface area contributed by atoms with Crippen LogP contribution < -0.4 is 4.74 Å². The molecule has 2 aromatic rings. The Kier molecular flexibility index (Phi) is 6.18. The molecule has 1 aromatic carbocycles. The Labute approximate surface area is 180 Å². The molecule has 1 N–H and O–H groups in total. The fourth-order valence-electron chi connectivity index (χ4n) is 4.00. The Hall–Kier alpha value is -2.80. The van der Waals surface area contributed by atoms with E-state index < -0.39 is 23.0 Å². The van der Waals surface area contributed by atoms with Gasteiger partial charge in [0.05, 0.1) is 5.57 Å². The summed E-state index contributed by atoms with van der Waals surface area (Å²) in [6.45, 7) is 9.06. The molecule has 0 saturated heterocycles. The Morgan fingerprint density at radius 2 is 1.84 bits per heavy atom. The first-order valence-electron chi connectivity index (χ1n) is 10.3. The maximum Gasteiger partial charge on any atom is 0.224 e. The lowest BCUT2D eigenvalue weighted by molar-refractivity contribution is -0.164. The topological polar surface area (TPSA) is 68.7 Å². The monoisotopic (exact) mass is 431 g/mol. The number of aliphatic hydroxyl groups is 1. The van der Waals surface area contributed by atoms with Crippen molar-refractivity contribution in [3.63, 3.8) is 0 Å². The van der Waals surface area contributed by atoms with E-state index in [1.807, 2.05) is 13.8 Å². The lowest BCUT2D eigenvalue weighted by Gasteiger charge is -2.42. The van der Waals surface area contributed by atoms with Crippen molar-refractivity contribution in [2.45, 2.75) is 65.1 Å². The van der Waals surface area contributed by atoms with E-state index >= 15 is 0 Å². The number of nitrogens with zero attached hydrogens (tertiary/aromatic N) is 1. The molecule has 31 heavy (non-hydrogen) atoms. The lowest BCUT2D eigenvalue weighted by atomic mass is 9.79. The zero-order valence-electron chi connectivity index (χ0n) is 18.4. The van der Waals surface area contributed by atoms with Crippen LogP contribution >= 0.6 is 0 Å². The van der Waals surface area contributed by atoms with Crippen molar-refractivity contribution in [1.82, 2.24) is 4.98 Å². The number of aliphatic hydroxyl groups excluding tert-OH is 1. The fourth-order valence-corrected chi connectivity index (χ4v) is 4.00. The molecular weight excluding hydrogens is 404 g/mol. The molecule has 1 aromatic heterocycles. The molecule has 0 spiro atoms. The van der Waals surface area contributed by atoms with Crippen LogP contribution in [0.5, 0.6) is 11.6 Å². The summed E-state index contributed by atoms with van der Waals surface area (Å²) in [6, 6.07) is 6.59. The van der Waals surface area contributed by atoms with Gasteiger partial charge in [0.1, 0.15) is 28.5 Å². The molecule has 1 aliphatic heterocycles. The highest BCUT2D eigenvalue weighted by Crippen LogP contribution is 2.43. The number of pyridine rings is 1. The number of hydrogen-bond donors (Lipinski definition) is 1. The number of aromatic nitrogens is 1. The van der Waals surface area contributed by atoms with Gasteiger partial charge in [-0.25, -0.2) is 4.39 Å². The highest BCUT2D eigenvalue weighted by Gasteiger charge is 2.49. The lowest BCUT2D eigenvalue weighted by Crippen LogP contribution is -2.51. The van der Waals surface area contributed by atoms with Crippen LogP contribution in [-0.4, -0.2) is 27.1 Å². The molecule has 0 bridgehead atoms. The third-order valence-electron chi connectivity index (χ3n) is 5.41. The van der Waals surface area contributed by atoms with E-state index in [0.717, 1.165) is 18.1 Å². The maximum atomic E-state index is 13.5. The van der Waals surface area contributed by atoms with Crippen molar-refractivity contribution in [1.29, 1.82) is 0 Å². The van der Waals surface area contributed by atoms with Crippen LogP contribution in [0.25, 0.3) is 5.57 Å². The van der Waals surface area contributed by atoms with Gasteiger partial charge in [-0.2, -0.15) is 9.37 Å². The van der Waals surface area contributed by atoms with Gasteiger partial charge in [0.25, 0.3) is 0 Å². The van der Waals surface area contributed by atoms with Gasteiger partial charge in [-0.1, -0.05) is 26.3 Å². The first-order chi connectivity index (χ1) is 14.5. The average molecular weight is 431 g/mol. The SMILES string of the molecule is CCCC1(C)OC(C)(C)C(O)=C(c2cc(Oc3cc(F)cc(F)n3)ccc2CC)C1=O. The molecule has 1 unspecified atom stereocenters. The predicted octanol–water partition coefficient (Wildman–Crippen LogP) is 5.92. The van der Waals surface area contributed by atoms with Gasteiger partial charge in [-0.05, 0) is 56.9 Å². The van der Waals surface area contributed by atoms with Crippen LogP contribution in [0.3, 0.4) is 0 Å². The smallest absolute Gasteiger partial charge is 0.224 e. The van der Waals surface area contributed by atoms with Crippen molar-refractivity contribution in [3.8, 4) is 11.6 Å². The molecule has 0 saturated carbocycles. The molecule has 0 radical (unpaired) electrons. The largest absolute Gasteiger partial charge is 0.508 e. The molecule has 166 valence electrons. The Morgan fingerprint density at radius 3 is 2.45 bits per heavy atom. The standard InChI is InChI=1S/C24H27F2NO4/c1-6-10-24(5)22(29)20(21(28)23(3,4)31-24)17-13-16(9-8-14(17)7-2)30-19-12-15(25)11-18(26)27-19/h8-9,11-13,28H,6-7,10H2,1-5H3. The van der Waals surface area contributed by atoms with Gasteiger partial charge in [-0.3, -0.25) is 4.79 Å². The minimum absolute atomic E-state index is 0.159. The molecular formula is C24H27F2NO4. The summed E-state index contributed by atoms with van der Waals surface area (Å²) in [6.07, 6.45) is 1.82. The van der Waals surface area contributed by atoms with Gasteiger partial charge in [0, 0.05) is 12.1 Å². The summed E-state index contributed by atoms with van der Waals surface area (Å²) < 4.78 is 38.5. The van der Waals surface area contributed by atoms with Gasteiger partial charge in [0.2, 0.25) is 11.8 Å². The van der Waals surface area contributed by atoms with E-state index in [9.17, 15) is 18.7 Å². The van der Waals surface area contributed by atoms with E-state index in [1.165, 1.54) is 0 Å². The Balaban J connectivity index is 2.13. The molecule has 0 aliphatic carbocycles. The first-order valence-corrected chi connectivity index (χ1v) is 10.3. The molecule has 1 aliphatic rings. The van der Waals surface area contributed by atoms with Crippen molar-refractivity contribution in [2.75, 3.05) is 0 Å². The van der Waals surface area contributed by atoms with Crippen LogP contribution in [0, 0.1) is 11.8 Å². The number of aryl methyl sites for hydroxylation is 1. The minimum Gasteiger partial charge on any atom is -0.508 e. The fraction of sp³-hybridized carbons (Fsp3) is 0.417. The average Bonchev–Trinajstić information content (AvgIpc) is 2.66. The number of hydrogen-bond acceptors (Lipinski definition) is 5. The second-order valence-electron chi connectivity index (χ2n) is 8.37. The Bertz CT molecular complexity index is 1030. The first kappa shape index (κ1) is 22.9. The van der Waals surface area contributed by atoms with Gasteiger partial charge < -0.3 is 14.6 Å². The number of rotatable bonds is 6. The summed E-state index contributed by atoms with van der Waals surface area (Å²) in [5.74, 6) is -2.30. The number of Topliss-reactive ketones (excluding diaryl/α,β-unsaturated/α-hetero) is 1.